The van der Waals surface area contributed by atoms with Crippen molar-refractivity contribution in [2.75, 3.05) is 25.1 Å². The van der Waals surface area contributed by atoms with E-state index in [1.54, 1.807) is 6.20 Å². The van der Waals surface area contributed by atoms with Gasteiger partial charge in [-0.15, -0.1) is 0 Å². The minimum absolute atomic E-state index is 0.0240. The van der Waals surface area contributed by atoms with Crippen molar-refractivity contribution < 1.29 is 14.3 Å². The van der Waals surface area contributed by atoms with Gasteiger partial charge in [0, 0.05) is 19.4 Å². The van der Waals surface area contributed by atoms with E-state index in [9.17, 15) is 4.79 Å². The van der Waals surface area contributed by atoms with Crippen molar-refractivity contribution in [2.45, 2.75) is 38.3 Å². The highest BCUT2D eigenvalue weighted by atomic mass is 16.5. The number of hydrogen-bond acceptors (Lipinski definition) is 4. The van der Waals surface area contributed by atoms with E-state index in [0.29, 0.717) is 13.2 Å². The largest absolute Gasteiger partial charge is 0.381 e. The van der Waals surface area contributed by atoms with Crippen molar-refractivity contribution in [3.05, 3.63) is 12.4 Å². The Hall–Kier alpha value is -1.40. The number of nitrogens with zero attached hydrogens (tertiary/aromatic N) is 2. The quantitative estimate of drug-likeness (QED) is 0.905. The van der Waals surface area contributed by atoms with E-state index >= 15 is 0 Å². The van der Waals surface area contributed by atoms with Gasteiger partial charge in [-0.25, -0.2) is 0 Å². The summed E-state index contributed by atoms with van der Waals surface area (Å²) in [5.74, 6) is -0.00371. The van der Waals surface area contributed by atoms with Crippen molar-refractivity contribution in [2.24, 2.45) is 5.92 Å². The average Bonchev–Trinajstić information content (AvgIpc) is 3.11. The standard InChI is InChI=1S/C14H21N3O3/c18-14(11-4-6-19-10-11)16-12-7-15-17(8-12)9-13-3-1-2-5-20-13/h7-8,11,13H,1-6,9-10H2,(H,16,18)/t11-,13-/m1/s1. The number of rotatable bonds is 4. The molecule has 1 aromatic rings. The van der Waals surface area contributed by atoms with Crippen LogP contribution in [0.3, 0.4) is 0 Å². The van der Waals surface area contributed by atoms with E-state index in [1.807, 2.05) is 10.9 Å². The summed E-state index contributed by atoms with van der Waals surface area (Å²) in [6.45, 7) is 2.80. The molecule has 0 radical (unpaired) electrons. The summed E-state index contributed by atoms with van der Waals surface area (Å²) < 4.78 is 12.8. The fourth-order valence-electron chi connectivity index (χ4n) is 2.67. The summed E-state index contributed by atoms with van der Waals surface area (Å²) in [5, 5.41) is 7.18. The molecule has 0 spiro atoms. The molecule has 20 heavy (non-hydrogen) atoms. The van der Waals surface area contributed by atoms with E-state index in [2.05, 4.69) is 10.4 Å². The summed E-state index contributed by atoms with van der Waals surface area (Å²) in [5.41, 5.74) is 0.748. The maximum atomic E-state index is 12.0. The van der Waals surface area contributed by atoms with Crippen LogP contribution in [0.25, 0.3) is 0 Å². The number of ether oxygens (including phenoxy) is 2. The van der Waals surface area contributed by atoms with Crippen LogP contribution in [0.15, 0.2) is 12.4 Å². The predicted octanol–water partition coefficient (Wildman–Crippen LogP) is 1.43. The van der Waals surface area contributed by atoms with Crippen LogP contribution < -0.4 is 5.32 Å². The molecule has 0 aliphatic carbocycles. The highest BCUT2D eigenvalue weighted by Crippen LogP contribution is 2.17. The van der Waals surface area contributed by atoms with E-state index in [0.717, 1.165) is 38.1 Å². The number of hydrogen-bond donors (Lipinski definition) is 1. The van der Waals surface area contributed by atoms with Crippen LogP contribution >= 0.6 is 0 Å². The molecule has 2 saturated heterocycles. The van der Waals surface area contributed by atoms with Crippen molar-refractivity contribution >= 4 is 11.6 Å². The Balaban J connectivity index is 1.52. The van der Waals surface area contributed by atoms with Crippen LogP contribution in [0, 0.1) is 5.92 Å². The normalized spacial score (nSPS) is 26.6. The second-order valence-corrected chi connectivity index (χ2v) is 5.49. The van der Waals surface area contributed by atoms with E-state index in [4.69, 9.17) is 9.47 Å². The van der Waals surface area contributed by atoms with Gasteiger partial charge in [-0.05, 0) is 25.7 Å². The molecule has 110 valence electrons. The average molecular weight is 279 g/mol. The van der Waals surface area contributed by atoms with Gasteiger partial charge in [0.2, 0.25) is 5.91 Å². The summed E-state index contributed by atoms with van der Waals surface area (Å²) in [6.07, 6.45) is 8.06. The summed E-state index contributed by atoms with van der Waals surface area (Å²) in [6, 6.07) is 0. The van der Waals surface area contributed by atoms with Crippen LogP contribution in [0.4, 0.5) is 5.69 Å². The van der Waals surface area contributed by atoms with Gasteiger partial charge in [0.15, 0.2) is 0 Å². The van der Waals surface area contributed by atoms with Crippen LogP contribution in [0.2, 0.25) is 0 Å². The number of aromatic nitrogens is 2. The molecule has 0 unspecified atom stereocenters. The summed E-state index contributed by atoms with van der Waals surface area (Å²) in [7, 11) is 0. The van der Waals surface area contributed by atoms with E-state index in [-0.39, 0.29) is 17.9 Å². The lowest BCUT2D eigenvalue weighted by molar-refractivity contribution is -0.119. The maximum absolute atomic E-state index is 12.0. The molecular weight excluding hydrogens is 258 g/mol. The maximum Gasteiger partial charge on any atom is 0.229 e. The second kappa shape index (κ2) is 6.37. The van der Waals surface area contributed by atoms with Gasteiger partial charge >= 0.3 is 0 Å². The van der Waals surface area contributed by atoms with Gasteiger partial charge < -0.3 is 14.8 Å². The fraction of sp³-hybridized carbons (Fsp3) is 0.714. The Kier molecular flexibility index (Phi) is 4.32. The predicted molar refractivity (Wildman–Crippen MR) is 73.4 cm³/mol. The Bertz CT molecular complexity index is 448. The minimum atomic E-state index is -0.0278. The molecule has 3 heterocycles. The van der Waals surface area contributed by atoms with E-state index < -0.39 is 0 Å². The highest BCUT2D eigenvalue weighted by molar-refractivity contribution is 5.92. The minimum Gasteiger partial charge on any atom is -0.381 e. The molecule has 1 N–H and O–H groups in total. The topological polar surface area (TPSA) is 65.4 Å². The van der Waals surface area contributed by atoms with Crippen LogP contribution in [-0.4, -0.2) is 41.6 Å². The first-order chi connectivity index (χ1) is 9.81. The monoisotopic (exact) mass is 279 g/mol. The molecule has 0 saturated carbocycles. The van der Waals surface area contributed by atoms with Crippen LogP contribution in [0.5, 0.6) is 0 Å². The molecule has 1 amide bonds. The Morgan fingerprint density at radius 3 is 3.10 bits per heavy atom. The molecule has 2 aliphatic heterocycles. The summed E-state index contributed by atoms with van der Waals surface area (Å²) >= 11 is 0. The third-order valence-corrected chi connectivity index (χ3v) is 3.87. The van der Waals surface area contributed by atoms with Gasteiger partial charge in [-0.2, -0.15) is 5.10 Å². The summed E-state index contributed by atoms with van der Waals surface area (Å²) in [4.78, 5) is 12.0. The van der Waals surface area contributed by atoms with Gasteiger partial charge in [-0.3, -0.25) is 9.48 Å². The third kappa shape index (κ3) is 3.37. The Morgan fingerprint density at radius 1 is 1.40 bits per heavy atom. The zero-order valence-electron chi connectivity index (χ0n) is 11.6. The molecule has 6 heteroatoms. The molecule has 0 bridgehead atoms. The molecule has 1 aromatic heterocycles. The van der Waals surface area contributed by atoms with Crippen LogP contribution in [0.1, 0.15) is 25.7 Å². The molecule has 2 aliphatic rings. The fourth-order valence-corrected chi connectivity index (χ4v) is 2.67. The van der Waals surface area contributed by atoms with Crippen molar-refractivity contribution in [3.63, 3.8) is 0 Å². The lowest BCUT2D eigenvalue weighted by Gasteiger charge is -2.22. The van der Waals surface area contributed by atoms with Gasteiger partial charge in [0.05, 0.1) is 37.1 Å². The number of carbonyl (C=O) groups excluding carboxylic acids is 1. The zero-order chi connectivity index (χ0) is 13.8. The van der Waals surface area contributed by atoms with Crippen molar-refractivity contribution in [1.82, 2.24) is 9.78 Å². The number of amides is 1. The van der Waals surface area contributed by atoms with Gasteiger partial charge in [0.1, 0.15) is 0 Å². The van der Waals surface area contributed by atoms with Crippen molar-refractivity contribution in [1.29, 1.82) is 0 Å². The molecular formula is C14H21N3O3. The lowest BCUT2D eigenvalue weighted by Crippen LogP contribution is -2.24. The zero-order valence-corrected chi connectivity index (χ0v) is 11.6. The highest BCUT2D eigenvalue weighted by Gasteiger charge is 2.24. The van der Waals surface area contributed by atoms with Gasteiger partial charge in [0.25, 0.3) is 0 Å². The van der Waals surface area contributed by atoms with Crippen LogP contribution in [-0.2, 0) is 20.8 Å². The first kappa shape index (κ1) is 13.6. The first-order valence-corrected chi connectivity index (χ1v) is 7.34. The van der Waals surface area contributed by atoms with Crippen molar-refractivity contribution in [3.8, 4) is 0 Å². The van der Waals surface area contributed by atoms with Gasteiger partial charge in [-0.1, -0.05) is 0 Å². The lowest BCUT2D eigenvalue weighted by atomic mass is 10.1. The molecule has 3 rings (SSSR count). The Labute approximate surface area is 118 Å². The first-order valence-electron chi connectivity index (χ1n) is 7.34. The molecule has 2 atom stereocenters. The molecule has 0 aromatic carbocycles. The second-order valence-electron chi connectivity index (χ2n) is 5.49. The third-order valence-electron chi connectivity index (χ3n) is 3.87. The SMILES string of the molecule is O=C(Nc1cnn(C[C@H]2CCCCO2)c1)[C@@H]1CCOC1. The Morgan fingerprint density at radius 2 is 2.35 bits per heavy atom. The molecule has 2 fully saturated rings. The van der Waals surface area contributed by atoms with E-state index in [1.165, 1.54) is 6.42 Å². The number of nitrogens with one attached hydrogen (secondary N) is 1. The molecule has 6 nitrogen and oxygen atoms in total. The number of anilines is 1. The smallest absolute Gasteiger partial charge is 0.229 e. The number of carbonyl (C=O) groups is 1.